The third-order valence-electron chi connectivity index (χ3n) is 5.24. The third-order valence-corrected chi connectivity index (χ3v) is 5.24. The molecule has 0 radical (unpaired) electrons. The molecule has 146 valence electrons. The van der Waals surface area contributed by atoms with Crippen LogP contribution in [-0.2, 0) is 24.2 Å². The zero-order valence-electron chi connectivity index (χ0n) is 16.1. The molecule has 0 spiro atoms. The molecule has 5 heteroatoms. The minimum absolute atomic E-state index is 0.0398. The molecule has 1 unspecified atom stereocenters. The van der Waals surface area contributed by atoms with Crippen LogP contribution in [0.5, 0.6) is 0 Å². The maximum absolute atomic E-state index is 13.0. The summed E-state index contributed by atoms with van der Waals surface area (Å²) in [5.41, 5.74) is 6.42. The second kappa shape index (κ2) is 9.42. The first-order chi connectivity index (χ1) is 13.6. The van der Waals surface area contributed by atoms with Crippen molar-refractivity contribution in [3.05, 3.63) is 70.3 Å². The molecule has 2 aromatic carbocycles. The lowest BCUT2D eigenvalue weighted by atomic mass is 9.87. The molecule has 3 rings (SSSR count). The summed E-state index contributed by atoms with van der Waals surface area (Å²) in [5, 5.41) is 8.72. The Morgan fingerprint density at radius 1 is 1.14 bits per heavy atom. The van der Waals surface area contributed by atoms with Crippen molar-refractivity contribution in [2.24, 2.45) is 10.9 Å². The number of nitrogens with one attached hydrogen (secondary N) is 1. The number of amides is 1. The number of benzene rings is 2. The van der Waals surface area contributed by atoms with E-state index in [4.69, 9.17) is 5.21 Å². The number of hydrogen-bond acceptors (Lipinski definition) is 4. The molecule has 5 nitrogen and oxygen atoms in total. The molecule has 0 saturated carbocycles. The Hall–Kier alpha value is -2.79. The van der Waals surface area contributed by atoms with Crippen molar-refractivity contribution in [1.29, 1.82) is 0 Å². The van der Waals surface area contributed by atoms with Crippen LogP contribution in [0.3, 0.4) is 0 Å². The smallest absolute Gasteiger partial charge is 0.274 e. The van der Waals surface area contributed by atoms with E-state index in [0.29, 0.717) is 24.9 Å². The Morgan fingerprint density at radius 3 is 2.61 bits per heavy atom. The molecule has 0 fully saturated rings. The lowest BCUT2D eigenvalue weighted by Crippen LogP contribution is -2.20. The Balaban J connectivity index is 1.68. The molecular formula is C23H26N2O3. The number of nitrogens with zero attached hydrogens (tertiary/aromatic N) is 1. The SMILES string of the molecule is CCCCC(Cc1ccc(C(=O)NO)cc1)C(=O)Cc1ccc2c(c1)CN=C2. The zero-order valence-corrected chi connectivity index (χ0v) is 16.1. The third kappa shape index (κ3) is 4.93. The highest BCUT2D eigenvalue weighted by Crippen LogP contribution is 2.21. The van der Waals surface area contributed by atoms with Crippen LogP contribution in [0.1, 0.15) is 58.8 Å². The number of ketones is 1. The molecule has 1 amide bonds. The predicted octanol–water partition coefficient (Wildman–Crippen LogP) is 3.90. The Bertz CT molecular complexity index is 872. The molecule has 1 aliphatic heterocycles. The Labute approximate surface area is 165 Å². The van der Waals surface area contributed by atoms with Gasteiger partial charge in [-0.05, 0) is 47.2 Å². The van der Waals surface area contributed by atoms with Crippen LogP contribution < -0.4 is 5.48 Å². The maximum Gasteiger partial charge on any atom is 0.274 e. The van der Waals surface area contributed by atoms with E-state index >= 15 is 0 Å². The normalized spacial score (nSPS) is 13.2. The van der Waals surface area contributed by atoms with Crippen molar-refractivity contribution in [1.82, 2.24) is 5.48 Å². The van der Waals surface area contributed by atoms with E-state index in [0.717, 1.165) is 36.0 Å². The zero-order chi connectivity index (χ0) is 19.9. The van der Waals surface area contributed by atoms with Crippen molar-refractivity contribution in [2.75, 3.05) is 0 Å². The van der Waals surface area contributed by atoms with E-state index < -0.39 is 5.91 Å². The monoisotopic (exact) mass is 378 g/mol. The van der Waals surface area contributed by atoms with Gasteiger partial charge in [0, 0.05) is 24.1 Å². The summed E-state index contributed by atoms with van der Waals surface area (Å²) in [5.74, 6) is -0.322. The van der Waals surface area contributed by atoms with Gasteiger partial charge < -0.3 is 0 Å². The van der Waals surface area contributed by atoms with E-state index in [1.807, 2.05) is 30.5 Å². The van der Waals surface area contributed by atoms with Gasteiger partial charge in [-0.15, -0.1) is 0 Å². The lowest BCUT2D eigenvalue weighted by molar-refractivity contribution is -0.122. The van der Waals surface area contributed by atoms with Gasteiger partial charge in [0.1, 0.15) is 5.78 Å². The fourth-order valence-corrected chi connectivity index (χ4v) is 3.59. The number of carbonyl (C=O) groups is 2. The van der Waals surface area contributed by atoms with E-state index in [9.17, 15) is 9.59 Å². The number of carbonyl (C=O) groups excluding carboxylic acids is 2. The fourth-order valence-electron chi connectivity index (χ4n) is 3.59. The Morgan fingerprint density at radius 2 is 1.89 bits per heavy atom. The van der Waals surface area contributed by atoms with Gasteiger partial charge in [0.2, 0.25) is 0 Å². The Kier molecular flexibility index (Phi) is 6.71. The average molecular weight is 378 g/mol. The first-order valence-corrected chi connectivity index (χ1v) is 9.78. The highest BCUT2D eigenvalue weighted by atomic mass is 16.5. The van der Waals surface area contributed by atoms with E-state index in [1.54, 1.807) is 17.6 Å². The maximum atomic E-state index is 13.0. The molecule has 2 N–H and O–H groups in total. The molecule has 1 heterocycles. The number of Topliss-reactive ketones (excluding diaryl/α,β-unsaturated/α-hetero) is 1. The number of aliphatic imine (C=N–C) groups is 1. The van der Waals surface area contributed by atoms with Crippen molar-refractivity contribution in [3.8, 4) is 0 Å². The molecule has 28 heavy (non-hydrogen) atoms. The molecule has 0 aromatic heterocycles. The highest BCUT2D eigenvalue weighted by Gasteiger charge is 2.20. The van der Waals surface area contributed by atoms with Gasteiger partial charge in [0.05, 0.1) is 6.54 Å². The largest absolute Gasteiger partial charge is 0.299 e. The van der Waals surface area contributed by atoms with E-state index in [2.05, 4.69) is 18.0 Å². The van der Waals surface area contributed by atoms with E-state index in [1.165, 1.54) is 5.56 Å². The van der Waals surface area contributed by atoms with Crippen LogP contribution in [0, 0.1) is 5.92 Å². The van der Waals surface area contributed by atoms with Gasteiger partial charge in [0.15, 0.2) is 0 Å². The molecule has 0 aliphatic carbocycles. The van der Waals surface area contributed by atoms with Gasteiger partial charge >= 0.3 is 0 Å². The van der Waals surface area contributed by atoms with Crippen LogP contribution >= 0.6 is 0 Å². The minimum Gasteiger partial charge on any atom is -0.299 e. The quantitative estimate of drug-likeness (QED) is 0.513. The average Bonchev–Trinajstić information content (AvgIpc) is 3.18. The molecule has 1 atom stereocenters. The van der Waals surface area contributed by atoms with Gasteiger partial charge in [-0.1, -0.05) is 50.1 Å². The fraction of sp³-hybridized carbons (Fsp3) is 0.348. The summed E-state index contributed by atoms with van der Waals surface area (Å²) in [7, 11) is 0. The minimum atomic E-state index is -0.536. The van der Waals surface area contributed by atoms with Gasteiger partial charge in [-0.25, -0.2) is 5.48 Å². The van der Waals surface area contributed by atoms with E-state index in [-0.39, 0.29) is 11.7 Å². The summed E-state index contributed by atoms with van der Waals surface area (Å²) < 4.78 is 0. The van der Waals surface area contributed by atoms with Crippen LogP contribution in [-0.4, -0.2) is 23.1 Å². The number of hydrogen-bond donors (Lipinski definition) is 2. The molecule has 0 bridgehead atoms. The number of unbranched alkanes of at least 4 members (excludes halogenated alkanes) is 1. The van der Waals surface area contributed by atoms with Crippen molar-refractivity contribution in [2.45, 2.75) is 45.6 Å². The van der Waals surface area contributed by atoms with Crippen molar-refractivity contribution < 1.29 is 14.8 Å². The summed E-state index contributed by atoms with van der Waals surface area (Å²) >= 11 is 0. The van der Waals surface area contributed by atoms with Crippen molar-refractivity contribution >= 4 is 17.9 Å². The number of rotatable bonds is 9. The second-order valence-electron chi connectivity index (χ2n) is 7.33. The van der Waals surface area contributed by atoms with Crippen LogP contribution in [0.2, 0.25) is 0 Å². The van der Waals surface area contributed by atoms with Crippen molar-refractivity contribution in [3.63, 3.8) is 0 Å². The first kappa shape index (κ1) is 20.0. The first-order valence-electron chi connectivity index (χ1n) is 9.78. The van der Waals surface area contributed by atoms with Gasteiger partial charge in [0.25, 0.3) is 5.91 Å². The summed E-state index contributed by atoms with van der Waals surface area (Å²) in [6, 6.07) is 13.2. The van der Waals surface area contributed by atoms with Crippen LogP contribution in [0.4, 0.5) is 0 Å². The molecular weight excluding hydrogens is 352 g/mol. The second-order valence-corrected chi connectivity index (χ2v) is 7.33. The molecule has 0 saturated heterocycles. The summed E-state index contributed by atoms with van der Waals surface area (Å²) in [4.78, 5) is 28.7. The molecule has 2 aromatic rings. The topological polar surface area (TPSA) is 78.8 Å². The van der Waals surface area contributed by atoms with Crippen LogP contribution in [0.15, 0.2) is 47.5 Å². The standard InChI is InChI=1S/C23H26N2O3/c1-2-3-4-19(11-16-5-8-18(9-6-16)23(27)25-28)22(26)13-17-7-10-20-14-24-15-21(20)12-17/h5-10,12,14,19,28H,2-4,11,13,15H2,1H3,(H,25,27). The van der Waals surface area contributed by atoms with Crippen LogP contribution in [0.25, 0.3) is 0 Å². The number of fused-ring (bicyclic) bond motifs is 1. The highest BCUT2D eigenvalue weighted by molar-refractivity contribution is 5.93. The van der Waals surface area contributed by atoms with Gasteiger partial charge in [-0.2, -0.15) is 0 Å². The predicted molar refractivity (Wildman–Crippen MR) is 109 cm³/mol. The summed E-state index contributed by atoms with van der Waals surface area (Å²) in [6.45, 7) is 2.83. The summed E-state index contributed by atoms with van der Waals surface area (Å²) in [6.07, 6.45) is 5.91. The number of hydroxylamine groups is 1. The lowest BCUT2D eigenvalue weighted by Gasteiger charge is -2.16. The van der Waals surface area contributed by atoms with Gasteiger partial charge in [-0.3, -0.25) is 19.8 Å². The molecule has 1 aliphatic rings.